The molecule has 0 spiro atoms. The minimum absolute atomic E-state index is 0.194. The number of rotatable bonds is 7. The van der Waals surface area contributed by atoms with Gasteiger partial charge in [-0.3, -0.25) is 14.6 Å². The van der Waals surface area contributed by atoms with Crippen LogP contribution in [0.4, 0.5) is 0 Å². The summed E-state index contributed by atoms with van der Waals surface area (Å²) in [4.78, 5) is 20.6. The van der Waals surface area contributed by atoms with Crippen molar-refractivity contribution in [2.45, 2.75) is 12.6 Å². The van der Waals surface area contributed by atoms with Gasteiger partial charge in [-0.25, -0.2) is 0 Å². The maximum Gasteiger partial charge on any atom is 0.236 e. The van der Waals surface area contributed by atoms with Gasteiger partial charge in [0, 0.05) is 38.1 Å². The van der Waals surface area contributed by atoms with E-state index in [1.165, 1.54) is 16.0 Å². The minimum atomic E-state index is 0.194. The zero-order valence-electron chi connectivity index (χ0n) is 17.5. The number of carbonyl (C=O) groups excluding carboxylic acids is 1. The summed E-state index contributed by atoms with van der Waals surface area (Å²) in [7, 11) is 1.90. The Morgan fingerprint density at radius 1 is 0.900 bits per heavy atom. The molecule has 5 heteroatoms. The Balaban J connectivity index is 1.37. The molecule has 0 aliphatic carbocycles. The van der Waals surface area contributed by atoms with E-state index < -0.39 is 0 Å². The lowest BCUT2D eigenvalue weighted by Crippen LogP contribution is -2.50. The van der Waals surface area contributed by atoms with Crippen LogP contribution in [0.25, 0.3) is 0 Å². The number of thiophene rings is 1. The van der Waals surface area contributed by atoms with E-state index in [2.05, 4.69) is 81.9 Å². The van der Waals surface area contributed by atoms with Crippen LogP contribution in [0.3, 0.4) is 0 Å². The van der Waals surface area contributed by atoms with E-state index in [9.17, 15) is 4.79 Å². The maximum atomic E-state index is 12.7. The third-order valence-corrected chi connectivity index (χ3v) is 6.62. The monoisotopic (exact) mass is 419 g/mol. The molecule has 1 saturated heterocycles. The molecule has 4 rings (SSSR count). The Morgan fingerprint density at radius 2 is 1.50 bits per heavy atom. The number of amides is 1. The number of carbonyl (C=O) groups is 1. The third-order valence-electron chi connectivity index (χ3n) is 5.76. The number of nitrogens with zero attached hydrogens (tertiary/aromatic N) is 3. The molecule has 0 unspecified atom stereocenters. The predicted octanol–water partition coefficient (Wildman–Crippen LogP) is 4.11. The largest absolute Gasteiger partial charge is 0.340 e. The smallest absolute Gasteiger partial charge is 0.236 e. The first kappa shape index (κ1) is 20.8. The minimum Gasteiger partial charge on any atom is -0.340 e. The van der Waals surface area contributed by atoms with Crippen LogP contribution in [0.1, 0.15) is 22.0 Å². The van der Waals surface area contributed by atoms with Crippen LogP contribution in [-0.2, 0) is 11.3 Å². The highest BCUT2D eigenvalue weighted by Gasteiger charge is 2.27. The third kappa shape index (κ3) is 5.17. The molecule has 2 aromatic carbocycles. The van der Waals surface area contributed by atoms with Gasteiger partial charge in [0.05, 0.1) is 19.1 Å². The second-order valence-electron chi connectivity index (χ2n) is 7.87. The zero-order valence-corrected chi connectivity index (χ0v) is 18.3. The molecule has 0 bridgehead atoms. The predicted molar refractivity (Wildman–Crippen MR) is 124 cm³/mol. The Labute approximate surface area is 183 Å². The van der Waals surface area contributed by atoms with Gasteiger partial charge in [0.15, 0.2) is 0 Å². The molecule has 1 amide bonds. The fourth-order valence-electron chi connectivity index (χ4n) is 4.10. The number of hydrogen-bond donors (Lipinski definition) is 0. The van der Waals surface area contributed by atoms with Crippen LogP contribution >= 0.6 is 11.3 Å². The van der Waals surface area contributed by atoms with E-state index in [1.54, 1.807) is 11.3 Å². The van der Waals surface area contributed by atoms with E-state index in [0.29, 0.717) is 13.1 Å². The summed E-state index contributed by atoms with van der Waals surface area (Å²) in [5, 5.41) is 2.06. The molecular weight excluding hydrogens is 390 g/mol. The Hall–Kier alpha value is -2.47. The van der Waals surface area contributed by atoms with Crippen molar-refractivity contribution >= 4 is 17.2 Å². The highest BCUT2D eigenvalue weighted by molar-refractivity contribution is 7.09. The van der Waals surface area contributed by atoms with Gasteiger partial charge >= 0.3 is 0 Å². The lowest BCUT2D eigenvalue weighted by molar-refractivity contribution is -0.132. The Bertz CT molecular complexity index is 867. The summed E-state index contributed by atoms with van der Waals surface area (Å²) in [6.45, 7) is 4.92. The van der Waals surface area contributed by atoms with Crippen molar-refractivity contribution in [3.63, 3.8) is 0 Å². The molecule has 3 aromatic rings. The summed E-state index contributed by atoms with van der Waals surface area (Å²) in [6.07, 6.45) is 0. The molecule has 0 saturated carbocycles. The molecule has 4 nitrogen and oxygen atoms in total. The van der Waals surface area contributed by atoms with E-state index >= 15 is 0 Å². The Morgan fingerprint density at radius 3 is 2.03 bits per heavy atom. The summed E-state index contributed by atoms with van der Waals surface area (Å²) < 4.78 is 0. The number of piperazine rings is 1. The molecular formula is C25H29N3OS. The number of benzene rings is 2. The van der Waals surface area contributed by atoms with E-state index in [-0.39, 0.29) is 11.9 Å². The summed E-state index contributed by atoms with van der Waals surface area (Å²) in [5.41, 5.74) is 2.65. The SMILES string of the molecule is CN(Cc1cccs1)C(=O)CN1CCN(C(c2ccccc2)c2ccccc2)CC1. The maximum absolute atomic E-state index is 12.7. The van der Waals surface area contributed by atoms with Gasteiger partial charge in [-0.2, -0.15) is 0 Å². The van der Waals surface area contributed by atoms with Gasteiger partial charge in [-0.15, -0.1) is 11.3 Å². The van der Waals surface area contributed by atoms with E-state index in [1.807, 2.05) is 18.0 Å². The first-order valence-corrected chi connectivity index (χ1v) is 11.4. The molecule has 0 atom stereocenters. The lowest BCUT2D eigenvalue weighted by atomic mass is 9.96. The fraction of sp³-hybridized carbons (Fsp3) is 0.320. The van der Waals surface area contributed by atoms with E-state index in [0.717, 1.165) is 26.2 Å². The molecule has 2 heterocycles. The molecule has 0 N–H and O–H groups in total. The van der Waals surface area contributed by atoms with Crippen LogP contribution in [0.15, 0.2) is 78.2 Å². The second kappa shape index (κ2) is 10.0. The standard InChI is InChI=1S/C25H29N3OS/c1-26(19-23-13-8-18-30-23)24(29)20-27-14-16-28(17-15-27)25(21-9-4-2-5-10-21)22-11-6-3-7-12-22/h2-13,18,25H,14-17,19-20H2,1H3. The van der Waals surface area contributed by atoms with Crippen molar-refractivity contribution in [3.05, 3.63) is 94.2 Å². The van der Waals surface area contributed by atoms with E-state index in [4.69, 9.17) is 0 Å². The van der Waals surface area contributed by atoms with Crippen LogP contribution < -0.4 is 0 Å². The van der Waals surface area contributed by atoms with Crippen molar-refractivity contribution in [3.8, 4) is 0 Å². The number of likely N-dealkylation sites (N-methyl/N-ethyl adjacent to an activating group) is 1. The average molecular weight is 420 g/mol. The normalized spacial score (nSPS) is 15.4. The molecule has 156 valence electrons. The first-order valence-electron chi connectivity index (χ1n) is 10.5. The fourth-order valence-corrected chi connectivity index (χ4v) is 4.86. The van der Waals surface area contributed by atoms with Crippen molar-refractivity contribution < 1.29 is 4.79 Å². The van der Waals surface area contributed by atoms with Crippen LogP contribution in [0, 0.1) is 0 Å². The van der Waals surface area contributed by atoms with Gasteiger partial charge in [0.25, 0.3) is 0 Å². The topological polar surface area (TPSA) is 26.8 Å². The molecule has 30 heavy (non-hydrogen) atoms. The molecule has 1 fully saturated rings. The van der Waals surface area contributed by atoms with Crippen molar-refractivity contribution in [2.24, 2.45) is 0 Å². The molecule has 0 radical (unpaired) electrons. The zero-order chi connectivity index (χ0) is 20.8. The summed E-state index contributed by atoms with van der Waals surface area (Å²) in [6, 6.07) is 25.8. The van der Waals surface area contributed by atoms with Crippen LogP contribution in [0.5, 0.6) is 0 Å². The van der Waals surface area contributed by atoms with Crippen LogP contribution in [0.2, 0.25) is 0 Å². The van der Waals surface area contributed by atoms with Crippen LogP contribution in [-0.4, -0.2) is 60.4 Å². The highest BCUT2D eigenvalue weighted by Crippen LogP contribution is 2.29. The Kier molecular flexibility index (Phi) is 6.95. The van der Waals surface area contributed by atoms with Gasteiger partial charge in [0.1, 0.15) is 0 Å². The molecule has 1 aliphatic heterocycles. The summed E-state index contributed by atoms with van der Waals surface area (Å²) in [5.74, 6) is 0.194. The van der Waals surface area contributed by atoms with Gasteiger partial charge in [0.2, 0.25) is 5.91 Å². The summed E-state index contributed by atoms with van der Waals surface area (Å²) >= 11 is 1.70. The molecule has 1 aromatic heterocycles. The van der Waals surface area contributed by atoms with Crippen molar-refractivity contribution in [2.75, 3.05) is 39.8 Å². The second-order valence-corrected chi connectivity index (χ2v) is 8.90. The average Bonchev–Trinajstić information content (AvgIpc) is 3.30. The van der Waals surface area contributed by atoms with Crippen molar-refractivity contribution in [1.29, 1.82) is 0 Å². The van der Waals surface area contributed by atoms with Gasteiger partial charge < -0.3 is 4.90 Å². The van der Waals surface area contributed by atoms with Gasteiger partial charge in [-0.1, -0.05) is 66.7 Å². The first-order chi connectivity index (χ1) is 14.7. The lowest BCUT2D eigenvalue weighted by Gasteiger charge is -2.39. The van der Waals surface area contributed by atoms with Crippen molar-refractivity contribution in [1.82, 2.24) is 14.7 Å². The van der Waals surface area contributed by atoms with Gasteiger partial charge in [-0.05, 0) is 22.6 Å². The highest BCUT2D eigenvalue weighted by atomic mass is 32.1. The molecule has 1 aliphatic rings. The quantitative estimate of drug-likeness (QED) is 0.577. The number of hydrogen-bond acceptors (Lipinski definition) is 4.